The molecule has 0 unspecified atom stereocenters. The van der Waals surface area contributed by atoms with Gasteiger partial charge in [0.05, 0.1) is 26.4 Å². The number of carbonyl (C=O) groups is 1. The Kier molecular flexibility index (Phi) is 10.2. The average Bonchev–Trinajstić information content (AvgIpc) is 2.87. The topological polar surface area (TPSA) is 65.0 Å². The Labute approximate surface area is 193 Å². The molecule has 0 fully saturated rings. The molecule has 0 heterocycles. The summed E-state index contributed by atoms with van der Waals surface area (Å²) >= 11 is 0. The lowest BCUT2D eigenvalue weighted by atomic mass is 10.0. The van der Waals surface area contributed by atoms with Gasteiger partial charge in [-0.15, -0.1) is 0 Å². The number of hydrogen-bond donors (Lipinski definition) is 1. The highest BCUT2D eigenvalue weighted by Gasteiger charge is 2.36. The van der Waals surface area contributed by atoms with Gasteiger partial charge in [0.1, 0.15) is 18.3 Å². The Morgan fingerprint density at radius 3 is 1.67 bits per heavy atom. The minimum atomic E-state index is -1.89. The molecule has 0 aromatic heterocycles. The third kappa shape index (κ3) is 8.18. The van der Waals surface area contributed by atoms with Gasteiger partial charge in [-0.05, 0) is 16.7 Å². The van der Waals surface area contributed by atoms with Crippen LogP contribution in [0.5, 0.6) is 0 Å². The lowest BCUT2D eigenvalue weighted by Crippen LogP contribution is -2.47. The molecular weight excluding hydrogens is 423 g/mol. The van der Waals surface area contributed by atoms with Gasteiger partial charge in [-0.1, -0.05) is 91.0 Å². The third-order valence-corrected chi connectivity index (χ3v) is 5.11. The van der Waals surface area contributed by atoms with Crippen LogP contribution >= 0.6 is 0 Å². The summed E-state index contributed by atoms with van der Waals surface area (Å²) in [6.07, 6.45) is -5.37. The van der Waals surface area contributed by atoms with Gasteiger partial charge in [0.25, 0.3) is 0 Å². The largest absolute Gasteiger partial charge is 0.388 e. The third-order valence-electron chi connectivity index (χ3n) is 5.11. The lowest BCUT2D eigenvalue weighted by Gasteiger charge is -2.29. The maximum Gasteiger partial charge on any atom is 0.157 e. The quantitative estimate of drug-likeness (QED) is 0.370. The van der Waals surface area contributed by atoms with E-state index in [1.165, 1.54) is 0 Å². The Bertz CT molecular complexity index is 923. The van der Waals surface area contributed by atoms with Gasteiger partial charge < -0.3 is 24.1 Å². The first kappa shape index (κ1) is 24.7. The van der Waals surface area contributed by atoms with Crippen molar-refractivity contribution in [3.63, 3.8) is 0 Å². The van der Waals surface area contributed by atoms with Gasteiger partial charge in [-0.25, -0.2) is 4.39 Å². The van der Waals surface area contributed by atoms with Crippen molar-refractivity contribution in [1.29, 1.82) is 0 Å². The number of aldehydes is 1. The van der Waals surface area contributed by atoms with Crippen LogP contribution in [0.3, 0.4) is 0 Å². The molecule has 33 heavy (non-hydrogen) atoms. The van der Waals surface area contributed by atoms with Gasteiger partial charge >= 0.3 is 0 Å². The second-order valence-corrected chi connectivity index (χ2v) is 7.67. The summed E-state index contributed by atoms with van der Waals surface area (Å²) < 4.78 is 32.3. The number of benzene rings is 3. The van der Waals surface area contributed by atoms with Crippen molar-refractivity contribution >= 4 is 6.29 Å². The summed E-state index contributed by atoms with van der Waals surface area (Å²) in [5, 5.41) is 10.4. The maximum absolute atomic E-state index is 15.4. The monoisotopic (exact) mass is 452 g/mol. The molecule has 0 spiro atoms. The van der Waals surface area contributed by atoms with E-state index in [2.05, 4.69) is 0 Å². The summed E-state index contributed by atoms with van der Waals surface area (Å²) in [4.78, 5) is 11.8. The Balaban J connectivity index is 1.63. The van der Waals surface area contributed by atoms with Crippen molar-refractivity contribution in [3.8, 4) is 0 Å². The Morgan fingerprint density at radius 2 is 1.18 bits per heavy atom. The van der Waals surface area contributed by atoms with Crippen LogP contribution < -0.4 is 0 Å². The molecule has 5 nitrogen and oxygen atoms in total. The molecule has 0 aliphatic rings. The normalized spacial score (nSPS) is 14.8. The van der Waals surface area contributed by atoms with Crippen LogP contribution in [-0.2, 0) is 38.8 Å². The number of hydrogen-bond acceptors (Lipinski definition) is 5. The highest BCUT2D eigenvalue weighted by atomic mass is 19.1. The highest BCUT2D eigenvalue weighted by molar-refractivity contribution is 5.57. The fourth-order valence-corrected chi connectivity index (χ4v) is 3.30. The van der Waals surface area contributed by atoms with E-state index in [0.717, 1.165) is 16.7 Å². The number of rotatable bonds is 14. The first-order valence-corrected chi connectivity index (χ1v) is 10.9. The lowest BCUT2D eigenvalue weighted by molar-refractivity contribution is -0.153. The number of aliphatic hydroxyl groups excluding tert-OH is 1. The van der Waals surface area contributed by atoms with Crippen LogP contribution in [0.2, 0.25) is 0 Å². The number of ether oxygens (including phenoxy) is 3. The minimum absolute atomic E-state index is 0.0720. The van der Waals surface area contributed by atoms with E-state index in [-0.39, 0.29) is 26.4 Å². The molecule has 1 N–H and O–H groups in total. The average molecular weight is 453 g/mol. The molecule has 0 amide bonds. The Hall–Kier alpha value is -2.90. The number of halogens is 1. The fourth-order valence-electron chi connectivity index (χ4n) is 3.30. The smallest absolute Gasteiger partial charge is 0.157 e. The fraction of sp³-hybridized carbons (Fsp3) is 0.296. The summed E-state index contributed by atoms with van der Waals surface area (Å²) in [5.74, 6) is 0. The van der Waals surface area contributed by atoms with Crippen molar-refractivity contribution in [2.24, 2.45) is 0 Å². The second-order valence-electron chi connectivity index (χ2n) is 7.67. The number of aliphatic hydroxyl groups is 1. The summed E-state index contributed by atoms with van der Waals surface area (Å²) in [7, 11) is 0. The molecule has 0 bridgehead atoms. The maximum atomic E-state index is 15.4. The van der Waals surface area contributed by atoms with Crippen LogP contribution in [-0.4, -0.2) is 42.5 Å². The van der Waals surface area contributed by atoms with E-state index < -0.39 is 24.5 Å². The molecule has 0 saturated carbocycles. The first-order chi connectivity index (χ1) is 16.2. The molecule has 3 aromatic rings. The van der Waals surface area contributed by atoms with Crippen LogP contribution in [0.4, 0.5) is 4.39 Å². The highest BCUT2D eigenvalue weighted by Crippen LogP contribution is 2.19. The molecule has 3 rings (SSSR count). The van der Waals surface area contributed by atoms with Crippen LogP contribution in [0.15, 0.2) is 91.0 Å². The zero-order valence-electron chi connectivity index (χ0n) is 18.3. The van der Waals surface area contributed by atoms with E-state index >= 15 is 4.39 Å². The van der Waals surface area contributed by atoms with Crippen LogP contribution in [0, 0.1) is 0 Å². The second kappa shape index (κ2) is 13.6. The van der Waals surface area contributed by atoms with Crippen molar-refractivity contribution in [2.75, 3.05) is 6.61 Å². The van der Waals surface area contributed by atoms with Gasteiger partial charge in [0.15, 0.2) is 12.5 Å². The summed E-state index contributed by atoms with van der Waals surface area (Å²) in [5.41, 5.74) is 2.57. The van der Waals surface area contributed by atoms with Crippen molar-refractivity contribution in [2.45, 2.75) is 44.3 Å². The Morgan fingerprint density at radius 1 is 0.727 bits per heavy atom. The van der Waals surface area contributed by atoms with Gasteiger partial charge in [-0.3, -0.25) is 0 Å². The number of alkyl halides is 1. The predicted octanol–water partition coefficient (Wildman–Crippen LogP) is 4.27. The van der Waals surface area contributed by atoms with Gasteiger partial charge in [0, 0.05) is 0 Å². The molecule has 6 heteroatoms. The first-order valence-electron chi connectivity index (χ1n) is 10.9. The molecular formula is C27H29FO5. The predicted molar refractivity (Wildman–Crippen MR) is 123 cm³/mol. The molecule has 4 atom stereocenters. The van der Waals surface area contributed by atoms with Crippen molar-refractivity contribution in [3.05, 3.63) is 108 Å². The van der Waals surface area contributed by atoms with Crippen molar-refractivity contribution < 1.29 is 28.5 Å². The summed E-state index contributed by atoms with van der Waals surface area (Å²) in [6, 6.07) is 27.9. The summed E-state index contributed by atoms with van der Waals surface area (Å²) in [6.45, 7) is 0.179. The van der Waals surface area contributed by atoms with E-state index in [0.29, 0.717) is 6.29 Å². The molecule has 0 saturated heterocycles. The number of carbonyl (C=O) groups excluding carboxylic acids is 1. The zero-order chi connectivity index (χ0) is 23.3. The molecule has 0 radical (unpaired) electrons. The van der Waals surface area contributed by atoms with Gasteiger partial charge in [-0.2, -0.15) is 0 Å². The van der Waals surface area contributed by atoms with Crippen molar-refractivity contribution in [1.82, 2.24) is 0 Å². The van der Waals surface area contributed by atoms with E-state index in [1.54, 1.807) is 0 Å². The van der Waals surface area contributed by atoms with E-state index in [4.69, 9.17) is 14.2 Å². The SMILES string of the molecule is O=C[C@H](OCc1ccccc1)[C@@H](OCc1ccccc1)[C@H](F)[C@H](O)COCc1ccccc1. The minimum Gasteiger partial charge on any atom is -0.388 e. The molecule has 174 valence electrons. The zero-order valence-corrected chi connectivity index (χ0v) is 18.3. The van der Waals surface area contributed by atoms with Gasteiger partial charge in [0.2, 0.25) is 0 Å². The van der Waals surface area contributed by atoms with E-state index in [1.807, 2.05) is 91.0 Å². The standard InChI is InChI=1S/C27H29FO5/c28-26(24(30)20-31-17-21-10-4-1-5-11-21)27(33-19-23-14-8-3-9-15-23)25(16-29)32-18-22-12-6-2-7-13-22/h1-16,24-27,30H,17-20H2/t24-,25+,26-,27-/m1/s1. The van der Waals surface area contributed by atoms with Crippen LogP contribution in [0.1, 0.15) is 16.7 Å². The molecule has 0 aliphatic carbocycles. The van der Waals surface area contributed by atoms with E-state index in [9.17, 15) is 9.90 Å². The molecule has 0 aliphatic heterocycles. The molecule has 3 aromatic carbocycles. The van der Waals surface area contributed by atoms with Crippen LogP contribution in [0.25, 0.3) is 0 Å².